The summed E-state index contributed by atoms with van der Waals surface area (Å²) in [5, 5.41) is 2.76. The van der Waals surface area contributed by atoms with Crippen molar-refractivity contribution in [3.8, 4) is 5.75 Å². The van der Waals surface area contributed by atoms with Gasteiger partial charge in [-0.2, -0.15) is 0 Å². The lowest BCUT2D eigenvalue weighted by Gasteiger charge is -2.06. The van der Waals surface area contributed by atoms with Crippen LogP contribution in [0.5, 0.6) is 5.75 Å². The molecule has 0 bridgehead atoms. The standard InChI is InChI=1S/C14H11BrN2O2/c15-11-2-4-13(16-8-11)17-14(18)10-1-3-12-9(7-10)5-6-19-12/h1-4,7-8H,5-6H2,(H,16,17,18). The molecule has 0 unspecified atom stereocenters. The predicted molar refractivity (Wildman–Crippen MR) is 75.5 cm³/mol. The monoisotopic (exact) mass is 318 g/mol. The summed E-state index contributed by atoms with van der Waals surface area (Å²) >= 11 is 3.30. The van der Waals surface area contributed by atoms with Gasteiger partial charge in [-0.05, 0) is 51.8 Å². The second-order valence-electron chi connectivity index (χ2n) is 4.24. The number of amides is 1. The van der Waals surface area contributed by atoms with Gasteiger partial charge in [0.1, 0.15) is 11.6 Å². The average Bonchev–Trinajstić information content (AvgIpc) is 2.88. The molecule has 1 aliphatic rings. The Labute approximate surface area is 118 Å². The highest BCUT2D eigenvalue weighted by molar-refractivity contribution is 9.10. The zero-order valence-corrected chi connectivity index (χ0v) is 11.6. The summed E-state index contributed by atoms with van der Waals surface area (Å²) < 4.78 is 6.29. The number of hydrogen-bond acceptors (Lipinski definition) is 3. The molecular formula is C14H11BrN2O2. The zero-order chi connectivity index (χ0) is 13.2. The fourth-order valence-electron chi connectivity index (χ4n) is 1.97. The third-order valence-electron chi connectivity index (χ3n) is 2.92. The van der Waals surface area contributed by atoms with Gasteiger partial charge in [-0.3, -0.25) is 4.79 Å². The van der Waals surface area contributed by atoms with E-state index in [1.54, 1.807) is 18.3 Å². The first-order valence-corrected chi connectivity index (χ1v) is 6.70. The molecule has 0 saturated heterocycles. The van der Waals surface area contributed by atoms with Crippen LogP contribution in [0.25, 0.3) is 0 Å². The predicted octanol–water partition coefficient (Wildman–Crippen LogP) is 3.03. The molecular weight excluding hydrogens is 308 g/mol. The van der Waals surface area contributed by atoms with Crippen molar-refractivity contribution in [1.82, 2.24) is 4.98 Å². The molecule has 19 heavy (non-hydrogen) atoms. The molecule has 2 aromatic rings. The van der Waals surface area contributed by atoms with E-state index in [2.05, 4.69) is 26.2 Å². The van der Waals surface area contributed by atoms with Crippen LogP contribution in [0.2, 0.25) is 0 Å². The Hall–Kier alpha value is -1.88. The number of aromatic nitrogens is 1. The molecule has 0 fully saturated rings. The van der Waals surface area contributed by atoms with E-state index in [9.17, 15) is 4.79 Å². The Morgan fingerprint density at radius 2 is 2.21 bits per heavy atom. The van der Waals surface area contributed by atoms with Gasteiger partial charge in [-0.15, -0.1) is 0 Å². The number of anilines is 1. The van der Waals surface area contributed by atoms with Gasteiger partial charge < -0.3 is 10.1 Å². The quantitative estimate of drug-likeness (QED) is 0.926. The summed E-state index contributed by atoms with van der Waals surface area (Å²) in [6.45, 7) is 0.689. The molecule has 3 rings (SSSR count). The number of pyridine rings is 1. The molecule has 4 nitrogen and oxygen atoms in total. The normalized spacial score (nSPS) is 12.7. The van der Waals surface area contributed by atoms with Gasteiger partial charge in [0, 0.05) is 22.7 Å². The molecule has 96 valence electrons. The summed E-state index contributed by atoms with van der Waals surface area (Å²) in [5.41, 5.74) is 1.70. The molecule has 0 radical (unpaired) electrons. The van der Waals surface area contributed by atoms with Crippen LogP contribution >= 0.6 is 15.9 Å². The van der Waals surface area contributed by atoms with E-state index in [-0.39, 0.29) is 5.91 Å². The van der Waals surface area contributed by atoms with Crippen LogP contribution in [-0.2, 0) is 6.42 Å². The second kappa shape index (κ2) is 5.01. The Balaban J connectivity index is 1.78. The number of fused-ring (bicyclic) bond motifs is 1. The first kappa shape index (κ1) is 12.2. The molecule has 0 aliphatic carbocycles. The topological polar surface area (TPSA) is 51.2 Å². The van der Waals surface area contributed by atoms with Crippen molar-refractivity contribution in [2.24, 2.45) is 0 Å². The van der Waals surface area contributed by atoms with E-state index in [0.717, 1.165) is 22.2 Å². The number of nitrogens with zero attached hydrogens (tertiary/aromatic N) is 1. The first-order chi connectivity index (χ1) is 9.22. The highest BCUT2D eigenvalue weighted by Crippen LogP contribution is 2.26. The maximum absolute atomic E-state index is 12.1. The van der Waals surface area contributed by atoms with Crippen LogP contribution in [0.15, 0.2) is 41.0 Å². The van der Waals surface area contributed by atoms with Crippen LogP contribution in [0.3, 0.4) is 0 Å². The van der Waals surface area contributed by atoms with Crippen molar-refractivity contribution in [1.29, 1.82) is 0 Å². The lowest BCUT2D eigenvalue weighted by Crippen LogP contribution is -2.12. The number of carbonyl (C=O) groups excluding carboxylic acids is 1. The molecule has 0 atom stereocenters. The molecule has 5 heteroatoms. The van der Waals surface area contributed by atoms with Gasteiger partial charge in [0.25, 0.3) is 5.91 Å². The van der Waals surface area contributed by atoms with Crippen molar-refractivity contribution >= 4 is 27.7 Å². The Bertz CT molecular complexity index is 626. The molecule has 1 aromatic heterocycles. The molecule has 1 aromatic carbocycles. The zero-order valence-electron chi connectivity index (χ0n) is 10.0. The maximum Gasteiger partial charge on any atom is 0.256 e. The summed E-state index contributed by atoms with van der Waals surface area (Å²) in [7, 11) is 0. The van der Waals surface area contributed by atoms with Gasteiger partial charge >= 0.3 is 0 Å². The maximum atomic E-state index is 12.1. The van der Waals surface area contributed by atoms with Gasteiger partial charge in [0.15, 0.2) is 0 Å². The Kier molecular flexibility index (Phi) is 3.21. The summed E-state index contributed by atoms with van der Waals surface area (Å²) in [6.07, 6.45) is 2.50. The molecule has 0 saturated carbocycles. The minimum atomic E-state index is -0.162. The van der Waals surface area contributed by atoms with E-state index in [1.807, 2.05) is 18.2 Å². The van der Waals surface area contributed by atoms with E-state index < -0.39 is 0 Å². The summed E-state index contributed by atoms with van der Waals surface area (Å²) in [6, 6.07) is 9.05. The van der Waals surface area contributed by atoms with Crippen molar-refractivity contribution in [3.05, 3.63) is 52.1 Å². The van der Waals surface area contributed by atoms with Gasteiger partial charge in [-0.1, -0.05) is 0 Å². The molecule has 1 N–H and O–H groups in total. The van der Waals surface area contributed by atoms with Gasteiger partial charge in [0.2, 0.25) is 0 Å². The van der Waals surface area contributed by atoms with E-state index in [4.69, 9.17) is 4.74 Å². The van der Waals surface area contributed by atoms with Crippen LogP contribution in [0.4, 0.5) is 5.82 Å². The fraction of sp³-hybridized carbons (Fsp3) is 0.143. The number of hydrogen-bond donors (Lipinski definition) is 1. The molecule has 1 aliphatic heterocycles. The summed E-state index contributed by atoms with van der Waals surface area (Å²) in [5.74, 6) is 1.24. The lowest BCUT2D eigenvalue weighted by atomic mass is 10.1. The first-order valence-electron chi connectivity index (χ1n) is 5.91. The highest BCUT2D eigenvalue weighted by atomic mass is 79.9. The van der Waals surface area contributed by atoms with Crippen LogP contribution < -0.4 is 10.1 Å². The van der Waals surface area contributed by atoms with Crippen LogP contribution in [0, 0.1) is 0 Å². The van der Waals surface area contributed by atoms with Crippen LogP contribution in [0.1, 0.15) is 15.9 Å². The average molecular weight is 319 g/mol. The van der Waals surface area contributed by atoms with Gasteiger partial charge in [0.05, 0.1) is 6.61 Å². The van der Waals surface area contributed by atoms with Gasteiger partial charge in [-0.25, -0.2) is 4.98 Å². The van der Waals surface area contributed by atoms with E-state index >= 15 is 0 Å². The minimum absolute atomic E-state index is 0.162. The van der Waals surface area contributed by atoms with E-state index in [1.165, 1.54) is 0 Å². The lowest BCUT2D eigenvalue weighted by molar-refractivity contribution is 0.102. The third kappa shape index (κ3) is 2.61. The number of rotatable bonds is 2. The number of carbonyl (C=O) groups is 1. The van der Waals surface area contributed by atoms with Crippen LogP contribution in [-0.4, -0.2) is 17.5 Å². The smallest absolute Gasteiger partial charge is 0.256 e. The molecule has 1 amide bonds. The largest absolute Gasteiger partial charge is 0.493 e. The van der Waals surface area contributed by atoms with Crippen molar-refractivity contribution in [3.63, 3.8) is 0 Å². The number of nitrogens with one attached hydrogen (secondary N) is 1. The SMILES string of the molecule is O=C(Nc1ccc(Br)cn1)c1ccc2c(c1)CCO2. The number of halogens is 1. The third-order valence-corrected chi connectivity index (χ3v) is 3.39. The Morgan fingerprint density at radius 1 is 1.32 bits per heavy atom. The van der Waals surface area contributed by atoms with E-state index in [0.29, 0.717) is 18.0 Å². The summed E-state index contributed by atoms with van der Waals surface area (Å²) in [4.78, 5) is 16.2. The molecule has 2 heterocycles. The second-order valence-corrected chi connectivity index (χ2v) is 5.15. The Morgan fingerprint density at radius 3 is 3.00 bits per heavy atom. The number of ether oxygens (including phenoxy) is 1. The van der Waals surface area contributed by atoms with Crippen molar-refractivity contribution < 1.29 is 9.53 Å². The molecule has 0 spiro atoms. The van der Waals surface area contributed by atoms with Crippen molar-refractivity contribution in [2.45, 2.75) is 6.42 Å². The highest BCUT2D eigenvalue weighted by Gasteiger charge is 2.15. The van der Waals surface area contributed by atoms with Crippen molar-refractivity contribution in [2.75, 3.05) is 11.9 Å². The minimum Gasteiger partial charge on any atom is -0.493 e. The number of benzene rings is 1. The fourth-order valence-corrected chi connectivity index (χ4v) is 2.20.